The molecule has 5 nitrogen and oxygen atoms in total. The lowest BCUT2D eigenvalue weighted by molar-refractivity contribution is 0.847. The highest BCUT2D eigenvalue weighted by atomic mass is 32.2. The van der Waals surface area contributed by atoms with Gasteiger partial charge in [0.05, 0.1) is 0 Å². The van der Waals surface area contributed by atoms with Crippen molar-refractivity contribution in [3.8, 4) is 11.4 Å². The number of nitrogens with zero attached hydrogens (tertiary/aromatic N) is 4. The summed E-state index contributed by atoms with van der Waals surface area (Å²) >= 11 is 1.38. The van der Waals surface area contributed by atoms with Crippen LogP contribution in [0.1, 0.15) is 0 Å². The largest absolute Gasteiger partial charge is 0.335 e. The highest BCUT2D eigenvalue weighted by molar-refractivity contribution is 7.99. The van der Waals surface area contributed by atoms with Crippen molar-refractivity contribution in [3.05, 3.63) is 54.7 Å². The van der Waals surface area contributed by atoms with Crippen LogP contribution in [0.3, 0.4) is 0 Å². The van der Waals surface area contributed by atoms with Crippen molar-refractivity contribution < 1.29 is 0 Å². The number of pyridine rings is 1. The molecule has 0 atom stereocenters. The van der Waals surface area contributed by atoms with E-state index in [2.05, 4.69) is 15.2 Å². The lowest BCUT2D eigenvalue weighted by Crippen LogP contribution is -2.11. The zero-order chi connectivity index (χ0) is 13.1. The lowest BCUT2D eigenvalue weighted by atomic mass is 10.2. The van der Waals surface area contributed by atoms with Gasteiger partial charge in [0.1, 0.15) is 5.03 Å². The molecule has 2 N–H and O–H groups in total. The van der Waals surface area contributed by atoms with Gasteiger partial charge >= 0.3 is 0 Å². The number of rotatable bonds is 3. The van der Waals surface area contributed by atoms with Crippen LogP contribution in [0, 0.1) is 0 Å². The van der Waals surface area contributed by atoms with Crippen molar-refractivity contribution in [2.75, 3.05) is 5.84 Å². The maximum Gasteiger partial charge on any atom is 0.216 e. The van der Waals surface area contributed by atoms with E-state index in [0.717, 1.165) is 10.6 Å². The number of hydrogen-bond donors (Lipinski definition) is 1. The van der Waals surface area contributed by atoms with Crippen molar-refractivity contribution in [1.29, 1.82) is 0 Å². The molecule has 0 amide bonds. The topological polar surface area (TPSA) is 69.6 Å². The highest BCUT2D eigenvalue weighted by Gasteiger charge is 2.12. The zero-order valence-electron chi connectivity index (χ0n) is 9.97. The van der Waals surface area contributed by atoms with Gasteiger partial charge in [-0.3, -0.25) is 0 Å². The average molecular weight is 269 g/mol. The van der Waals surface area contributed by atoms with Crippen LogP contribution >= 0.6 is 11.8 Å². The molecule has 0 aliphatic carbocycles. The highest BCUT2D eigenvalue weighted by Crippen LogP contribution is 2.25. The normalized spacial score (nSPS) is 10.5. The van der Waals surface area contributed by atoms with Crippen LogP contribution in [0.25, 0.3) is 11.4 Å². The number of benzene rings is 1. The monoisotopic (exact) mass is 269 g/mol. The summed E-state index contributed by atoms with van der Waals surface area (Å²) in [6.07, 6.45) is 1.73. The minimum Gasteiger partial charge on any atom is -0.335 e. The number of hydrogen-bond acceptors (Lipinski definition) is 5. The summed E-state index contributed by atoms with van der Waals surface area (Å²) in [4.78, 5) is 4.22. The molecular weight excluding hydrogens is 258 g/mol. The summed E-state index contributed by atoms with van der Waals surface area (Å²) in [6.45, 7) is 0. The minimum absolute atomic E-state index is 0.609. The third-order valence-electron chi connectivity index (χ3n) is 2.53. The van der Waals surface area contributed by atoms with Crippen LogP contribution in [0.2, 0.25) is 0 Å². The Labute approximate surface area is 114 Å². The third-order valence-corrected chi connectivity index (χ3v) is 3.44. The molecular formula is C13H11N5S. The number of aromatic nitrogens is 4. The smallest absolute Gasteiger partial charge is 0.216 e. The Hall–Kier alpha value is -2.34. The van der Waals surface area contributed by atoms with Crippen molar-refractivity contribution in [1.82, 2.24) is 19.9 Å². The van der Waals surface area contributed by atoms with E-state index in [1.807, 2.05) is 48.5 Å². The van der Waals surface area contributed by atoms with Crippen LogP contribution in [-0.4, -0.2) is 19.9 Å². The van der Waals surface area contributed by atoms with E-state index in [9.17, 15) is 0 Å². The van der Waals surface area contributed by atoms with Crippen LogP contribution in [-0.2, 0) is 0 Å². The minimum atomic E-state index is 0.609. The van der Waals surface area contributed by atoms with Gasteiger partial charge in [-0.15, -0.1) is 10.2 Å². The predicted molar refractivity (Wildman–Crippen MR) is 74.0 cm³/mol. The molecule has 0 aliphatic rings. The molecule has 2 aromatic heterocycles. The van der Waals surface area contributed by atoms with Gasteiger partial charge in [0.2, 0.25) is 5.16 Å². The van der Waals surface area contributed by atoms with Gasteiger partial charge in [-0.25, -0.2) is 9.66 Å². The second-order valence-corrected chi connectivity index (χ2v) is 4.80. The van der Waals surface area contributed by atoms with Crippen LogP contribution in [0.4, 0.5) is 0 Å². The molecule has 0 saturated carbocycles. The molecule has 1 aromatic carbocycles. The second-order valence-electron chi connectivity index (χ2n) is 3.81. The fourth-order valence-corrected chi connectivity index (χ4v) is 2.35. The average Bonchev–Trinajstić information content (AvgIpc) is 2.82. The van der Waals surface area contributed by atoms with Gasteiger partial charge in [-0.1, -0.05) is 36.4 Å². The molecule has 94 valence electrons. The number of nitrogens with two attached hydrogens (primary N) is 1. The predicted octanol–water partition coefficient (Wildman–Crippen LogP) is 2.21. The first-order valence-electron chi connectivity index (χ1n) is 5.69. The maximum absolute atomic E-state index is 6.03. The summed E-state index contributed by atoms with van der Waals surface area (Å²) in [5, 5.41) is 9.66. The van der Waals surface area contributed by atoms with Gasteiger partial charge in [0.15, 0.2) is 5.82 Å². The van der Waals surface area contributed by atoms with E-state index in [1.165, 1.54) is 16.4 Å². The van der Waals surface area contributed by atoms with Crippen LogP contribution in [0.15, 0.2) is 64.9 Å². The first-order valence-corrected chi connectivity index (χ1v) is 6.51. The molecule has 0 radical (unpaired) electrons. The Morgan fingerprint density at radius 3 is 2.47 bits per heavy atom. The molecule has 2 heterocycles. The molecule has 0 spiro atoms. The molecule has 3 rings (SSSR count). The quantitative estimate of drug-likeness (QED) is 0.738. The first-order chi connectivity index (χ1) is 9.34. The molecule has 0 unspecified atom stereocenters. The van der Waals surface area contributed by atoms with E-state index in [-0.39, 0.29) is 0 Å². The van der Waals surface area contributed by atoms with Gasteiger partial charge < -0.3 is 5.84 Å². The maximum atomic E-state index is 6.03. The van der Waals surface area contributed by atoms with E-state index in [1.54, 1.807) is 6.20 Å². The van der Waals surface area contributed by atoms with E-state index in [0.29, 0.717) is 11.0 Å². The van der Waals surface area contributed by atoms with Crippen molar-refractivity contribution in [3.63, 3.8) is 0 Å². The van der Waals surface area contributed by atoms with Gasteiger partial charge in [0.25, 0.3) is 0 Å². The summed E-state index contributed by atoms with van der Waals surface area (Å²) < 4.78 is 1.48. The summed E-state index contributed by atoms with van der Waals surface area (Å²) in [6, 6.07) is 15.4. The first kappa shape index (κ1) is 11.7. The molecule has 19 heavy (non-hydrogen) atoms. The lowest BCUT2D eigenvalue weighted by Gasteiger charge is -2.02. The number of nitrogen functional groups attached to an aromatic ring is 1. The summed E-state index contributed by atoms with van der Waals surface area (Å²) in [5.41, 5.74) is 0.936. The Morgan fingerprint density at radius 1 is 0.947 bits per heavy atom. The molecule has 0 bridgehead atoms. The van der Waals surface area contributed by atoms with E-state index < -0.39 is 0 Å². The second kappa shape index (κ2) is 5.11. The van der Waals surface area contributed by atoms with Crippen LogP contribution < -0.4 is 5.84 Å². The van der Waals surface area contributed by atoms with Gasteiger partial charge in [-0.2, -0.15) is 0 Å². The standard InChI is InChI=1S/C13H11N5S/c14-18-12(10-6-2-1-3-7-10)16-17-13(18)19-11-8-4-5-9-15-11/h1-9H,14H2. The third kappa shape index (κ3) is 2.43. The molecule has 6 heteroatoms. The van der Waals surface area contributed by atoms with Crippen molar-refractivity contribution in [2.24, 2.45) is 0 Å². The Morgan fingerprint density at radius 2 is 1.74 bits per heavy atom. The fourth-order valence-electron chi connectivity index (χ4n) is 1.63. The molecule has 0 saturated heterocycles. The van der Waals surface area contributed by atoms with Crippen LogP contribution in [0.5, 0.6) is 0 Å². The van der Waals surface area contributed by atoms with Gasteiger partial charge in [-0.05, 0) is 23.9 Å². The van der Waals surface area contributed by atoms with Crippen molar-refractivity contribution >= 4 is 11.8 Å². The summed E-state index contributed by atoms with van der Waals surface area (Å²) in [5.74, 6) is 6.66. The Kier molecular flexibility index (Phi) is 3.16. The van der Waals surface area contributed by atoms with Crippen molar-refractivity contribution in [2.45, 2.75) is 10.2 Å². The van der Waals surface area contributed by atoms with E-state index in [4.69, 9.17) is 5.84 Å². The zero-order valence-corrected chi connectivity index (χ0v) is 10.8. The molecule has 0 fully saturated rings. The van der Waals surface area contributed by atoms with Gasteiger partial charge in [0, 0.05) is 11.8 Å². The Bertz CT molecular complexity index is 666. The molecule has 3 aromatic rings. The molecule has 0 aliphatic heterocycles. The Balaban J connectivity index is 1.92. The fraction of sp³-hybridized carbons (Fsp3) is 0. The van der Waals surface area contributed by atoms with E-state index >= 15 is 0 Å². The SMILES string of the molecule is Nn1c(Sc2ccccn2)nnc1-c1ccccc1. The summed E-state index contributed by atoms with van der Waals surface area (Å²) in [7, 11) is 0.